The standard InChI is InChI=1S/C10H19N3O3/c1-4-10(5-2,15-3)9-12-8(16-13-9)7(11)6-14/h7,14H,4-6,11H2,1-3H3/t7-/m1/s1. The van der Waals surface area contributed by atoms with Crippen LogP contribution in [-0.2, 0) is 10.3 Å². The zero-order valence-electron chi connectivity index (χ0n) is 9.93. The van der Waals surface area contributed by atoms with E-state index in [0.717, 1.165) is 12.8 Å². The van der Waals surface area contributed by atoms with E-state index in [2.05, 4.69) is 10.1 Å². The van der Waals surface area contributed by atoms with Gasteiger partial charge in [0.1, 0.15) is 11.6 Å². The first-order valence-corrected chi connectivity index (χ1v) is 5.39. The van der Waals surface area contributed by atoms with Crippen molar-refractivity contribution >= 4 is 0 Å². The summed E-state index contributed by atoms with van der Waals surface area (Å²) in [5, 5.41) is 12.8. The van der Waals surface area contributed by atoms with Crippen molar-refractivity contribution < 1.29 is 14.4 Å². The minimum Gasteiger partial charge on any atom is -0.394 e. The van der Waals surface area contributed by atoms with Crippen LogP contribution in [0.3, 0.4) is 0 Å². The molecule has 0 aliphatic carbocycles. The Labute approximate surface area is 94.8 Å². The van der Waals surface area contributed by atoms with Gasteiger partial charge in [0, 0.05) is 7.11 Å². The van der Waals surface area contributed by atoms with Gasteiger partial charge < -0.3 is 20.1 Å². The quantitative estimate of drug-likeness (QED) is 0.746. The predicted octanol–water partition coefficient (Wildman–Crippen LogP) is 0.723. The van der Waals surface area contributed by atoms with Gasteiger partial charge in [-0.25, -0.2) is 0 Å². The summed E-state index contributed by atoms with van der Waals surface area (Å²) in [6, 6.07) is -0.635. The Morgan fingerprint density at radius 1 is 1.50 bits per heavy atom. The second-order valence-electron chi connectivity index (χ2n) is 3.65. The molecule has 1 aromatic rings. The van der Waals surface area contributed by atoms with Gasteiger partial charge in [-0.2, -0.15) is 4.98 Å². The van der Waals surface area contributed by atoms with Crippen LogP contribution in [0, 0.1) is 0 Å². The van der Waals surface area contributed by atoms with E-state index in [9.17, 15) is 0 Å². The first-order chi connectivity index (χ1) is 7.63. The molecule has 92 valence electrons. The number of hydrogen-bond donors (Lipinski definition) is 2. The molecule has 3 N–H and O–H groups in total. The van der Waals surface area contributed by atoms with E-state index in [0.29, 0.717) is 5.82 Å². The number of aromatic nitrogens is 2. The van der Waals surface area contributed by atoms with Crippen molar-refractivity contribution in [1.82, 2.24) is 10.1 Å². The number of aliphatic hydroxyl groups is 1. The molecule has 0 bridgehead atoms. The molecule has 1 rings (SSSR count). The fraction of sp³-hybridized carbons (Fsp3) is 0.800. The van der Waals surface area contributed by atoms with Crippen molar-refractivity contribution in [2.45, 2.75) is 38.3 Å². The second kappa shape index (κ2) is 5.38. The van der Waals surface area contributed by atoms with E-state index >= 15 is 0 Å². The highest BCUT2D eigenvalue weighted by Gasteiger charge is 2.34. The highest BCUT2D eigenvalue weighted by Crippen LogP contribution is 2.30. The molecule has 0 aliphatic rings. The van der Waals surface area contributed by atoms with Crippen LogP contribution < -0.4 is 5.73 Å². The minimum absolute atomic E-state index is 0.222. The third kappa shape index (κ3) is 2.23. The number of nitrogens with two attached hydrogens (primary N) is 1. The maximum atomic E-state index is 8.89. The Morgan fingerprint density at radius 2 is 2.12 bits per heavy atom. The summed E-state index contributed by atoms with van der Waals surface area (Å²) in [7, 11) is 1.62. The van der Waals surface area contributed by atoms with Crippen molar-refractivity contribution in [3.8, 4) is 0 Å². The van der Waals surface area contributed by atoms with Gasteiger partial charge in [0.2, 0.25) is 11.7 Å². The summed E-state index contributed by atoms with van der Waals surface area (Å²) >= 11 is 0. The molecular formula is C10H19N3O3. The zero-order chi connectivity index (χ0) is 12.2. The molecule has 0 saturated heterocycles. The summed E-state index contributed by atoms with van der Waals surface area (Å²) in [6.07, 6.45) is 1.49. The maximum Gasteiger partial charge on any atom is 0.246 e. The molecule has 6 nitrogen and oxygen atoms in total. The minimum atomic E-state index is -0.635. The maximum absolute atomic E-state index is 8.89. The van der Waals surface area contributed by atoms with Gasteiger partial charge in [-0.1, -0.05) is 19.0 Å². The van der Waals surface area contributed by atoms with Gasteiger partial charge in [-0.15, -0.1) is 0 Å². The molecular weight excluding hydrogens is 210 g/mol. The van der Waals surface area contributed by atoms with Gasteiger partial charge in [0.25, 0.3) is 0 Å². The Hall–Kier alpha value is -0.980. The lowest BCUT2D eigenvalue weighted by atomic mass is 9.96. The topological polar surface area (TPSA) is 94.4 Å². The lowest BCUT2D eigenvalue weighted by Gasteiger charge is -2.25. The first-order valence-electron chi connectivity index (χ1n) is 5.39. The molecule has 0 fully saturated rings. The van der Waals surface area contributed by atoms with Crippen LogP contribution in [0.2, 0.25) is 0 Å². The van der Waals surface area contributed by atoms with E-state index in [-0.39, 0.29) is 12.5 Å². The molecule has 0 unspecified atom stereocenters. The van der Waals surface area contributed by atoms with Gasteiger partial charge >= 0.3 is 0 Å². The average molecular weight is 229 g/mol. The molecule has 1 atom stereocenters. The van der Waals surface area contributed by atoms with Gasteiger partial charge in [-0.05, 0) is 12.8 Å². The smallest absolute Gasteiger partial charge is 0.246 e. The number of hydrogen-bond acceptors (Lipinski definition) is 6. The Bertz CT molecular complexity index is 315. The van der Waals surface area contributed by atoms with Crippen LogP contribution in [-0.4, -0.2) is 29.0 Å². The Balaban J connectivity index is 2.99. The van der Waals surface area contributed by atoms with Crippen molar-refractivity contribution in [3.05, 3.63) is 11.7 Å². The largest absolute Gasteiger partial charge is 0.394 e. The molecule has 16 heavy (non-hydrogen) atoms. The van der Waals surface area contributed by atoms with Crippen molar-refractivity contribution in [2.24, 2.45) is 5.73 Å². The zero-order valence-corrected chi connectivity index (χ0v) is 9.93. The number of nitrogens with zero attached hydrogens (tertiary/aromatic N) is 2. The van der Waals surface area contributed by atoms with E-state index in [1.165, 1.54) is 0 Å². The summed E-state index contributed by atoms with van der Waals surface area (Å²) in [5.41, 5.74) is 5.06. The summed E-state index contributed by atoms with van der Waals surface area (Å²) in [4.78, 5) is 4.18. The van der Waals surface area contributed by atoms with E-state index < -0.39 is 11.6 Å². The van der Waals surface area contributed by atoms with Crippen LogP contribution in [0.4, 0.5) is 0 Å². The Kier molecular flexibility index (Phi) is 4.40. The number of ether oxygens (including phenoxy) is 1. The molecule has 0 radical (unpaired) electrons. The molecule has 1 heterocycles. The fourth-order valence-electron chi connectivity index (χ4n) is 1.60. The van der Waals surface area contributed by atoms with Gasteiger partial charge in [0.05, 0.1) is 6.61 Å². The van der Waals surface area contributed by atoms with Gasteiger partial charge in [0.15, 0.2) is 0 Å². The lowest BCUT2D eigenvalue weighted by molar-refractivity contribution is -0.0306. The fourth-order valence-corrected chi connectivity index (χ4v) is 1.60. The number of aliphatic hydroxyl groups excluding tert-OH is 1. The van der Waals surface area contributed by atoms with E-state index in [1.807, 2.05) is 13.8 Å². The third-order valence-corrected chi connectivity index (χ3v) is 2.90. The monoisotopic (exact) mass is 229 g/mol. The molecule has 0 spiro atoms. The summed E-state index contributed by atoms with van der Waals surface area (Å²) in [5.74, 6) is 0.722. The molecule has 0 aromatic carbocycles. The SMILES string of the molecule is CCC(CC)(OC)c1noc([C@H](N)CO)n1. The highest BCUT2D eigenvalue weighted by atomic mass is 16.5. The van der Waals surface area contributed by atoms with Crippen LogP contribution in [0.15, 0.2) is 4.52 Å². The summed E-state index contributed by atoms with van der Waals surface area (Å²) in [6.45, 7) is 3.77. The van der Waals surface area contributed by atoms with Crippen molar-refractivity contribution in [1.29, 1.82) is 0 Å². The lowest BCUT2D eigenvalue weighted by Crippen LogP contribution is -2.28. The molecule has 0 amide bonds. The predicted molar refractivity (Wildman–Crippen MR) is 57.6 cm³/mol. The van der Waals surface area contributed by atoms with Crippen molar-refractivity contribution in [2.75, 3.05) is 13.7 Å². The molecule has 0 aliphatic heterocycles. The van der Waals surface area contributed by atoms with Crippen molar-refractivity contribution in [3.63, 3.8) is 0 Å². The van der Waals surface area contributed by atoms with Crippen LogP contribution >= 0.6 is 0 Å². The van der Waals surface area contributed by atoms with Crippen LogP contribution in [0.1, 0.15) is 44.4 Å². The second-order valence-corrected chi connectivity index (χ2v) is 3.65. The molecule has 0 saturated carbocycles. The van der Waals surface area contributed by atoms with Gasteiger partial charge in [-0.3, -0.25) is 0 Å². The Morgan fingerprint density at radius 3 is 2.56 bits per heavy atom. The van der Waals surface area contributed by atoms with Crippen LogP contribution in [0.25, 0.3) is 0 Å². The van der Waals surface area contributed by atoms with Crippen LogP contribution in [0.5, 0.6) is 0 Å². The number of rotatable bonds is 6. The highest BCUT2D eigenvalue weighted by molar-refractivity contribution is 5.02. The average Bonchev–Trinajstić information content (AvgIpc) is 2.81. The number of methoxy groups -OCH3 is 1. The molecule has 1 aromatic heterocycles. The molecule has 6 heteroatoms. The third-order valence-electron chi connectivity index (χ3n) is 2.90. The van der Waals surface area contributed by atoms with E-state index in [4.69, 9.17) is 20.1 Å². The first kappa shape index (κ1) is 13.1. The summed E-state index contributed by atoms with van der Waals surface area (Å²) < 4.78 is 10.5. The normalized spacial score (nSPS) is 14.1. The van der Waals surface area contributed by atoms with E-state index in [1.54, 1.807) is 7.11 Å².